The summed E-state index contributed by atoms with van der Waals surface area (Å²) >= 11 is 8.98. The van der Waals surface area contributed by atoms with Crippen LogP contribution in [0.25, 0.3) is 10.9 Å². The highest BCUT2D eigenvalue weighted by atomic mass is 79.9. The molecule has 0 unspecified atom stereocenters. The van der Waals surface area contributed by atoms with Crippen molar-refractivity contribution in [1.82, 2.24) is 9.97 Å². The summed E-state index contributed by atoms with van der Waals surface area (Å²) in [6.45, 7) is 0. The largest absolute Gasteiger partial charge is 0.437 e. The molecule has 21 heavy (non-hydrogen) atoms. The van der Waals surface area contributed by atoms with Crippen LogP contribution >= 0.6 is 27.5 Å². The molecule has 0 bridgehead atoms. The summed E-state index contributed by atoms with van der Waals surface area (Å²) in [6.07, 6.45) is 1.36. The normalized spacial score (nSPS) is 10.8. The zero-order chi connectivity index (χ0) is 15.0. The Morgan fingerprint density at radius 1 is 1.19 bits per heavy atom. The van der Waals surface area contributed by atoms with E-state index in [1.54, 1.807) is 18.2 Å². The van der Waals surface area contributed by atoms with E-state index in [2.05, 4.69) is 25.9 Å². The molecular weight excluding hydrogens is 361 g/mol. The number of aromatic nitrogens is 2. The summed E-state index contributed by atoms with van der Waals surface area (Å²) in [5.74, 6) is 0.00798. The third kappa shape index (κ3) is 2.77. The quantitative estimate of drug-likeness (QED) is 0.532. The molecule has 0 atom stereocenters. The minimum absolute atomic E-state index is 0.00884. The van der Waals surface area contributed by atoms with Crippen molar-refractivity contribution in [3.8, 4) is 11.6 Å². The van der Waals surface area contributed by atoms with Crippen LogP contribution in [0.3, 0.4) is 0 Å². The summed E-state index contributed by atoms with van der Waals surface area (Å²) in [5.41, 5.74) is 6.95. The van der Waals surface area contributed by atoms with Crippen LogP contribution in [0.5, 0.6) is 11.6 Å². The van der Waals surface area contributed by atoms with Crippen LogP contribution in [-0.4, -0.2) is 9.97 Å². The number of benzene rings is 2. The molecule has 3 rings (SSSR count). The van der Waals surface area contributed by atoms with Gasteiger partial charge in [0.2, 0.25) is 5.88 Å². The fourth-order valence-corrected chi connectivity index (χ4v) is 2.54. The average molecular weight is 369 g/mol. The zero-order valence-electron chi connectivity index (χ0n) is 10.5. The standard InChI is InChI=1S/C14H8BrClFN3O/c15-9-4-10(16)11(17)5-13(9)21-14-8-2-1-7(18)3-12(8)19-6-20-14/h1-6H,18H2. The molecule has 0 spiro atoms. The van der Waals surface area contributed by atoms with E-state index >= 15 is 0 Å². The summed E-state index contributed by atoms with van der Waals surface area (Å²) in [6, 6.07) is 7.79. The first-order chi connectivity index (χ1) is 10.0. The van der Waals surface area contributed by atoms with Crippen LogP contribution in [-0.2, 0) is 0 Å². The summed E-state index contributed by atoms with van der Waals surface area (Å²) < 4.78 is 19.7. The van der Waals surface area contributed by atoms with Crippen molar-refractivity contribution in [3.05, 3.63) is 52.0 Å². The molecule has 0 saturated heterocycles. The lowest BCUT2D eigenvalue weighted by molar-refractivity contribution is 0.460. The highest BCUT2D eigenvalue weighted by Gasteiger charge is 2.12. The third-order valence-corrected chi connectivity index (χ3v) is 3.71. The van der Waals surface area contributed by atoms with E-state index in [0.29, 0.717) is 26.9 Å². The van der Waals surface area contributed by atoms with E-state index in [1.165, 1.54) is 18.5 Å². The van der Waals surface area contributed by atoms with Crippen molar-refractivity contribution in [2.75, 3.05) is 5.73 Å². The van der Waals surface area contributed by atoms with Crippen LogP contribution in [0.1, 0.15) is 0 Å². The first-order valence-electron chi connectivity index (χ1n) is 5.87. The molecule has 0 aliphatic rings. The number of nitrogens with zero attached hydrogens (tertiary/aromatic N) is 2. The molecule has 0 amide bonds. The van der Waals surface area contributed by atoms with E-state index < -0.39 is 5.82 Å². The van der Waals surface area contributed by atoms with Crippen molar-refractivity contribution in [3.63, 3.8) is 0 Å². The second-order valence-electron chi connectivity index (χ2n) is 4.25. The second kappa shape index (κ2) is 5.46. The lowest BCUT2D eigenvalue weighted by atomic mass is 10.2. The van der Waals surface area contributed by atoms with Gasteiger partial charge < -0.3 is 10.5 Å². The Morgan fingerprint density at radius 3 is 2.81 bits per heavy atom. The number of hydrogen-bond acceptors (Lipinski definition) is 4. The molecule has 2 N–H and O–H groups in total. The Kier molecular flexibility index (Phi) is 3.65. The van der Waals surface area contributed by atoms with Crippen LogP contribution in [0.4, 0.5) is 10.1 Å². The Bertz CT molecular complexity index is 844. The van der Waals surface area contributed by atoms with E-state index in [-0.39, 0.29) is 10.8 Å². The number of nitrogens with two attached hydrogens (primary N) is 1. The molecule has 7 heteroatoms. The lowest BCUT2D eigenvalue weighted by Crippen LogP contribution is -1.94. The monoisotopic (exact) mass is 367 g/mol. The molecule has 4 nitrogen and oxygen atoms in total. The van der Waals surface area contributed by atoms with Gasteiger partial charge in [-0.3, -0.25) is 0 Å². The topological polar surface area (TPSA) is 61.0 Å². The van der Waals surface area contributed by atoms with Gasteiger partial charge in [-0.05, 0) is 40.2 Å². The van der Waals surface area contributed by atoms with Gasteiger partial charge in [0, 0.05) is 11.8 Å². The molecule has 3 aromatic rings. The first kappa shape index (κ1) is 14.0. The molecule has 0 fully saturated rings. The van der Waals surface area contributed by atoms with Crippen LogP contribution in [0.15, 0.2) is 41.1 Å². The number of halogens is 3. The highest BCUT2D eigenvalue weighted by molar-refractivity contribution is 9.10. The Morgan fingerprint density at radius 2 is 2.00 bits per heavy atom. The molecule has 0 saturated carbocycles. The van der Waals surface area contributed by atoms with Gasteiger partial charge in [-0.2, -0.15) is 0 Å². The molecule has 2 aromatic carbocycles. The molecule has 1 heterocycles. The number of hydrogen-bond donors (Lipinski definition) is 1. The van der Waals surface area contributed by atoms with Crippen LogP contribution in [0, 0.1) is 5.82 Å². The highest BCUT2D eigenvalue weighted by Crippen LogP contribution is 2.35. The molecular formula is C14H8BrClFN3O. The van der Waals surface area contributed by atoms with Crippen molar-refractivity contribution >= 4 is 44.1 Å². The van der Waals surface area contributed by atoms with E-state index in [0.717, 1.165) is 0 Å². The van der Waals surface area contributed by atoms with Gasteiger partial charge in [0.25, 0.3) is 0 Å². The third-order valence-electron chi connectivity index (χ3n) is 2.81. The Balaban J connectivity index is 2.08. The molecule has 1 aromatic heterocycles. The van der Waals surface area contributed by atoms with Crippen molar-refractivity contribution in [2.24, 2.45) is 0 Å². The molecule has 0 radical (unpaired) electrons. The van der Waals surface area contributed by atoms with Crippen LogP contribution in [0.2, 0.25) is 5.02 Å². The Labute approximate surface area is 132 Å². The van der Waals surface area contributed by atoms with E-state index in [4.69, 9.17) is 22.1 Å². The van der Waals surface area contributed by atoms with Gasteiger partial charge in [0.05, 0.1) is 20.4 Å². The average Bonchev–Trinajstić information content (AvgIpc) is 2.44. The van der Waals surface area contributed by atoms with Crippen molar-refractivity contribution < 1.29 is 9.13 Å². The van der Waals surface area contributed by atoms with Gasteiger partial charge in [-0.1, -0.05) is 11.6 Å². The second-order valence-corrected chi connectivity index (χ2v) is 5.52. The van der Waals surface area contributed by atoms with Crippen molar-refractivity contribution in [1.29, 1.82) is 0 Å². The molecule has 106 valence electrons. The fourth-order valence-electron chi connectivity index (χ4n) is 1.82. The lowest BCUT2D eigenvalue weighted by Gasteiger charge is -2.10. The predicted molar refractivity (Wildman–Crippen MR) is 83.1 cm³/mol. The predicted octanol–water partition coefficient (Wildman–Crippen LogP) is 4.56. The maximum Gasteiger partial charge on any atom is 0.230 e. The van der Waals surface area contributed by atoms with Gasteiger partial charge in [-0.25, -0.2) is 14.4 Å². The zero-order valence-corrected chi connectivity index (χ0v) is 12.8. The number of nitrogen functional groups attached to an aromatic ring is 1. The van der Waals surface area contributed by atoms with E-state index in [9.17, 15) is 4.39 Å². The number of ether oxygens (including phenoxy) is 1. The van der Waals surface area contributed by atoms with Gasteiger partial charge >= 0.3 is 0 Å². The summed E-state index contributed by atoms with van der Waals surface area (Å²) in [5, 5.41) is 0.684. The summed E-state index contributed by atoms with van der Waals surface area (Å²) in [4.78, 5) is 8.20. The molecule has 0 aliphatic heterocycles. The van der Waals surface area contributed by atoms with Gasteiger partial charge in [-0.15, -0.1) is 0 Å². The van der Waals surface area contributed by atoms with Gasteiger partial charge in [0.1, 0.15) is 17.9 Å². The number of fused-ring (bicyclic) bond motifs is 1. The fraction of sp³-hybridized carbons (Fsp3) is 0. The maximum atomic E-state index is 13.5. The van der Waals surface area contributed by atoms with Crippen LogP contribution < -0.4 is 10.5 Å². The Hall–Kier alpha value is -1.92. The summed E-state index contributed by atoms with van der Waals surface area (Å²) in [7, 11) is 0. The smallest absolute Gasteiger partial charge is 0.230 e. The first-order valence-corrected chi connectivity index (χ1v) is 7.04. The SMILES string of the molecule is Nc1ccc2c(Oc3cc(F)c(Cl)cc3Br)ncnc2c1. The number of rotatable bonds is 2. The minimum Gasteiger partial charge on any atom is -0.437 e. The minimum atomic E-state index is -0.572. The van der Waals surface area contributed by atoms with Crippen molar-refractivity contribution in [2.45, 2.75) is 0 Å². The van der Waals surface area contributed by atoms with Gasteiger partial charge in [0.15, 0.2) is 0 Å². The molecule has 0 aliphatic carbocycles. The van der Waals surface area contributed by atoms with E-state index in [1.807, 2.05) is 0 Å². The maximum absolute atomic E-state index is 13.5. The number of anilines is 1.